The molecule has 2 rings (SSSR count). The van der Waals surface area contributed by atoms with E-state index in [4.69, 9.17) is 5.73 Å². The van der Waals surface area contributed by atoms with Crippen molar-refractivity contribution in [2.45, 2.75) is 45.4 Å². The number of piperidine rings is 1. The molecule has 20 heavy (non-hydrogen) atoms. The molecule has 2 aliphatic rings. The summed E-state index contributed by atoms with van der Waals surface area (Å²) in [6.45, 7) is 5.88. The molecule has 0 aromatic rings. The van der Waals surface area contributed by atoms with Crippen LogP contribution in [0.3, 0.4) is 0 Å². The van der Waals surface area contributed by atoms with Crippen LogP contribution in [0.15, 0.2) is 0 Å². The van der Waals surface area contributed by atoms with Crippen LogP contribution in [-0.2, 0) is 4.79 Å². The molecule has 116 valence electrons. The van der Waals surface area contributed by atoms with Gasteiger partial charge in [-0.1, -0.05) is 6.92 Å². The Hall–Kier alpha value is -0.610. The SMILES string of the molecule is CC1CCC(CN)(C(=O)NCC2CCCN(C)C2)CC1. The van der Waals surface area contributed by atoms with Crippen LogP contribution >= 0.6 is 0 Å². The van der Waals surface area contributed by atoms with Gasteiger partial charge in [0.15, 0.2) is 0 Å². The first-order valence-corrected chi connectivity index (χ1v) is 8.22. The highest BCUT2D eigenvalue weighted by atomic mass is 16.2. The molecule has 0 bridgehead atoms. The van der Waals surface area contributed by atoms with Crippen molar-refractivity contribution < 1.29 is 4.79 Å². The Morgan fingerprint density at radius 2 is 2.05 bits per heavy atom. The number of nitrogens with two attached hydrogens (primary N) is 1. The third kappa shape index (κ3) is 3.73. The normalized spacial score (nSPS) is 35.8. The summed E-state index contributed by atoms with van der Waals surface area (Å²) in [6, 6.07) is 0. The fourth-order valence-corrected chi connectivity index (χ4v) is 3.70. The quantitative estimate of drug-likeness (QED) is 0.823. The molecule has 1 unspecified atom stereocenters. The van der Waals surface area contributed by atoms with Crippen LogP contribution in [0.25, 0.3) is 0 Å². The number of likely N-dealkylation sites (tertiary alicyclic amines) is 1. The lowest BCUT2D eigenvalue weighted by Gasteiger charge is -2.38. The molecule has 1 atom stereocenters. The average molecular weight is 281 g/mol. The first-order valence-electron chi connectivity index (χ1n) is 8.22. The molecule has 0 aromatic carbocycles. The monoisotopic (exact) mass is 281 g/mol. The second-order valence-electron chi connectivity index (χ2n) is 7.15. The minimum atomic E-state index is -0.285. The van der Waals surface area contributed by atoms with Crippen LogP contribution in [0.4, 0.5) is 0 Å². The van der Waals surface area contributed by atoms with Gasteiger partial charge < -0.3 is 16.0 Å². The molecule has 1 aliphatic carbocycles. The molecule has 3 N–H and O–H groups in total. The topological polar surface area (TPSA) is 58.4 Å². The molecular weight excluding hydrogens is 250 g/mol. The molecule has 4 nitrogen and oxygen atoms in total. The summed E-state index contributed by atoms with van der Waals surface area (Å²) in [5.41, 5.74) is 5.66. The predicted octanol–water partition coefficient (Wildman–Crippen LogP) is 1.60. The van der Waals surface area contributed by atoms with E-state index in [-0.39, 0.29) is 11.3 Å². The average Bonchev–Trinajstić information content (AvgIpc) is 2.46. The van der Waals surface area contributed by atoms with Crippen LogP contribution in [0.2, 0.25) is 0 Å². The second kappa shape index (κ2) is 6.90. The summed E-state index contributed by atoms with van der Waals surface area (Å²) in [7, 11) is 2.16. The fraction of sp³-hybridized carbons (Fsp3) is 0.938. The third-order valence-corrected chi connectivity index (χ3v) is 5.38. The maximum Gasteiger partial charge on any atom is 0.227 e. The van der Waals surface area contributed by atoms with Crippen molar-refractivity contribution in [3.63, 3.8) is 0 Å². The summed E-state index contributed by atoms with van der Waals surface area (Å²) >= 11 is 0. The number of carbonyl (C=O) groups excluding carboxylic acids is 1. The lowest BCUT2D eigenvalue weighted by Crippen LogP contribution is -2.50. The van der Waals surface area contributed by atoms with Crippen molar-refractivity contribution in [1.29, 1.82) is 0 Å². The number of nitrogens with one attached hydrogen (secondary N) is 1. The largest absolute Gasteiger partial charge is 0.355 e. The molecule has 0 aromatic heterocycles. The first-order chi connectivity index (χ1) is 9.55. The van der Waals surface area contributed by atoms with E-state index in [1.807, 2.05) is 0 Å². The molecule has 1 saturated carbocycles. The van der Waals surface area contributed by atoms with E-state index in [9.17, 15) is 4.79 Å². The van der Waals surface area contributed by atoms with Gasteiger partial charge in [0.05, 0.1) is 5.41 Å². The minimum Gasteiger partial charge on any atom is -0.355 e. The van der Waals surface area contributed by atoms with Gasteiger partial charge in [0.2, 0.25) is 5.91 Å². The summed E-state index contributed by atoms with van der Waals surface area (Å²) in [6.07, 6.45) is 6.67. The van der Waals surface area contributed by atoms with E-state index in [1.54, 1.807) is 0 Å². The summed E-state index contributed by atoms with van der Waals surface area (Å²) in [5, 5.41) is 3.20. The van der Waals surface area contributed by atoms with E-state index in [0.29, 0.717) is 12.5 Å². The van der Waals surface area contributed by atoms with E-state index in [0.717, 1.165) is 44.7 Å². The van der Waals surface area contributed by atoms with Gasteiger partial charge in [-0.3, -0.25) is 4.79 Å². The highest BCUT2D eigenvalue weighted by Crippen LogP contribution is 2.38. The highest BCUT2D eigenvalue weighted by molar-refractivity contribution is 5.83. The second-order valence-corrected chi connectivity index (χ2v) is 7.15. The lowest BCUT2D eigenvalue weighted by atomic mass is 9.70. The maximum absolute atomic E-state index is 12.6. The molecule has 1 aliphatic heterocycles. The lowest BCUT2D eigenvalue weighted by molar-refractivity contribution is -0.133. The zero-order chi connectivity index (χ0) is 14.6. The molecule has 1 heterocycles. The molecule has 2 fully saturated rings. The molecule has 1 amide bonds. The van der Waals surface area contributed by atoms with Gasteiger partial charge in [-0.15, -0.1) is 0 Å². The van der Waals surface area contributed by atoms with E-state index in [1.165, 1.54) is 19.4 Å². The Kier molecular flexibility index (Phi) is 5.44. The van der Waals surface area contributed by atoms with Gasteiger partial charge in [-0.05, 0) is 64.0 Å². The third-order valence-electron chi connectivity index (χ3n) is 5.38. The molecular formula is C16H31N3O. The standard InChI is InChI=1S/C16H31N3O/c1-13-5-7-16(12-17,8-6-13)15(20)18-10-14-4-3-9-19(2)11-14/h13-14H,3-12,17H2,1-2H3,(H,18,20). The zero-order valence-electron chi connectivity index (χ0n) is 13.2. The number of nitrogens with zero attached hydrogens (tertiary/aromatic N) is 1. The van der Waals surface area contributed by atoms with Crippen LogP contribution in [0.5, 0.6) is 0 Å². The van der Waals surface area contributed by atoms with Crippen molar-refractivity contribution in [3.05, 3.63) is 0 Å². The van der Waals surface area contributed by atoms with Crippen molar-refractivity contribution >= 4 is 5.91 Å². The molecule has 4 heteroatoms. The Morgan fingerprint density at radius 1 is 1.35 bits per heavy atom. The van der Waals surface area contributed by atoms with Gasteiger partial charge in [0, 0.05) is 19.6 Å². The Balaban J connectivity index is 1.83. The Labute approximate surface area is 123 Å². The van der Waals surface area contributed by atoms with Crippen molar-refractivity contribution in [3.8, 4) is 0 Å². The minimum absolute atomic E-state index is 0.208. The van der Waals surface area contributed by atoms with Crippen LogP contribution in [0.1, 0.15) is 45.4 Å². The number of hydrogen-bond donors (Lipinski definition) is 2. The van der Waals surface area contributed by atoms with Gasteiger partial charge in [-0.2, -0.15) is 0 Å². The number of amides is 1. The van der Waals surface area contributed by atoms with Crippen LogP contribution in [0, 0.1) is 17.3 Å². The highest BCUT2D eigenvalue weighted by Gasteiger charge is 2.39. The van der Waals surface area contributed by atoms with Gasteiger partial charge in [0.1, 0.15) is 0 Å². The number of rotatable bonds is 4. The van der Waals surface area contributed by atoms with E-state index >= 15 is 0 Å². The summed E-state index contributed by atoms with van der Waals surface area (Å²) in [4.78, 5) is 14.9. The van der Waals surface area contributed by atoms with Gasteiger partial charge in [-0.25, -0.2) is 0 Å². The van der Waals surface area contributed by atoms with Gasteiger partial charge in [0.25, 0.3) is 0 Å². The first kappa shape index (κ1) is 15.8. The van der Waals surface area contributed by atoms with Crippen LogP contribution < -0.4 is 11.1 Å². The maximum atomic E-state index is 12.6. The van der Waals surface area contributed by atoms with Crippen LogP contribution in [-0.4, -0.2) is 44.0 Å². The zero-order valence-corrected chi connectivity index (χ0v) is 13.2. The van der Waals surface area contributed by atoms with Crippen molar-refractivity contribution in [1.82, 2.24) is 10.2 Å². The molecule has 0 radical (unpaired) electrons. The Bertz CT molecular complexity index is 324. The van der Waals surface area contributed by atoms with Crippen molar-refractivity contribution in [2.24, 2.45) is 23.0 Å². The van der Waals surface area contributed by atoms with Crippen molar-refractivity contribution in [2.75, 3.05) is 33.2 Å². The Morgan fingerprint density at radius 3 is 2.65 bits per heavy atom. The number of carbonyl (C=O) groups is 1. The summed E-state index contributed by atoms with van der Waals surface area (Å²) in [5.74, 6) is 1.56. The summed E-state index contributed by atoms with van der Waals surface area (Å²) < 4.78 is 0. The van der Waals surface area contributed by atoms with E-state index in [2.05, 4.69) is 24.2 Å². The fourth-order valence-electron chi connectivity index (χ4n) is 3.70. The molecule has 0 spiro atoms. The van der Waals surface area contributed by atoms with E-state index < -0.39 is 0 Å². The smallest absolute Gasteiger partial charge is 0.227 e. The number of hydrogen-bond acceptors (Lipinski definition) is 3. The predicted molar refractivity (Wildman–Crippen MR) is 82.4 cm³/mol. The van der Waals surface area contributed by atoms with Gasteiger partial charge >= 0.3 is 0 Å². The molecule has 1 saturated heterocycles.